The lowest BCUT2D eigenvalue weighted by Gasteiger charge is -2.22. The topological polar surface area (TPSA) is 102 Å². The van der Waals surface area contributed by atoms with Gasteiger partial charge in [-0.25, -0.2) is 0 Å². The highest BCUT2D eigenvalue weighted by Crippen LogP contribution is 2.27. The zero-order chi connectivity index (χ0) is 18.2. The summed E-state index contributed by atoms with van der Waals surface area (Å²) >= 11 is 0. The molecule has 23 heavy (non-hydrogen) atoms. The van der Waals surface area contributed by atoms with E-state index in [1.807, 2.05) is 0 Å². The van der Waals surface area contributed by atoms with Crippen molar-refractivity contribution in [2.45, 2.75) is 66.2 Å². The normalized spacial score (nSPS) is 11.0. The third-order valence-corrected chi connectivity index (χ3v) is 3.03. The first kappa shape index (κ1) is 21.0. The lowest BCUT2D eigenvalue weighted by atomic mass is 9.80. The highest BCUT2D eigenvalue weighted by molar-refractivity contribution is 6.08. The molecular weight excluding hydrogens is 300 g/mol. The van der Waals surface area contributed by atoms with E-state index in [-0.39, 0.29) is 61.7 Å². The van der Waals surface area contributed by atoms with Crippen LogP contribution >= 0.6 is 0 Å². The van der Waals surface area contributed by atoms with Gasteiger partial charge >= 0.3 is 0 Å². The van der Waals surface area contributed by atoms with Crippen molar-refractivity contribution in [3.05, 3.63) is 0 Å². The van der Waals surface area contributed by atoms with Crippen molar-refractivity contribution < 1.29 is 28.8 Å². The second-order valence-corrected chi connectivity index (χ2v) is 6.78. The van der Waals surface area contributed by atoms with Gasteiger partial charge in [-0.05, 0) is 19.3 Å². The molecule has 0 saturated heterocycles. The van der Waals surface area contributed by atoms with Crippen LogP contribution in [0.25, 0.3) is 0 Å². The lowest BCUT2D eigenvalue weighted by Crippen LogP contribution is -2.24. The van der Waals surface area contributed by atoms with E-state index in [2.05, 4.69) is 0 Å². The van der Waals surface area contributed by atoms with Gasteiger partial charge in [0.1, 0.15) is 34.7 Å². The first-order valence-corrected chi connectivity index (χ1v) is 7.47. The van der Waals surface area contributed by atoms with Crippen molar-refractivity contribution in [3.8, 4) is 0 Å². The second-order valence-electron chi connectivity index (χ2n) is 6.78. The zero-order valence-electron chi connectivity index (χ0n) is 14.2. The minimum absolute atomic E-state index is 0.0171. The molecular formula is C17H24O6. The van der Waals surface area contributed by atoms with E-state index in [9.17, 15) is 28.8 Å². The van der Waals surface area contributed by atoms with Crippen LogP contribution in [0.4, 0.5) is 0 Å². The van der Waals surface area contributed by atoms with Crippen molar-refractivity contribution >= 4 is 34.7 Å². The first-order chi connectivity index (χ1) is 10.4. The maximum Gasteiger partial charge on any atom is 0.147 e. The standard InChI is InChI=1S/C17H24O6/c1-11(18)5-13(20)7-15(22)9-17(3,4)10-16(23)8-14(21)6-12(2)19/h5-10H2,1-4H3. The van der Waals surface area contributed by atoms with Crippen LogP contribution in [0.15, 0.2) is 0 Å². The number of hydrogen-bond acceptors (Lipinski definition) is 6. The largest absolute Gasteiger partial charge is 0.300 e. The van der Waals surface area contributed by atoms with E-state index in [0.29, 0.717) is 0 Å². The van der Waals surface area contributed by atoms with Crippen molar-refractivity contribution in [2.75, 3.05) is 0 Å². The van der Waals surface area contributed by atoms with Gasteiger partial charge in [-0.1, -0.05) is 13.8 Å². The van der Waals surface area contributed by atoms with Crippen LogP contribution in [0.1, 0.15) is 66.2 Å². The quantitative estimate of drug-likeness (QED) is 0.507. The van der Waals surface area contributed by atoms with Gasteiger partial charge in [-0.3, -0.25) is 28.8 Å². The Balaban J connectivity index is 4.41. The maximum atomic E-state index is 11.8. The number of carbonyl (C=O) groups is 6. The average Bonchev–Trinajstić information content (AvgIpc) is 2.22. The Bertz CT molecular complexity index is 481. The van der Waals surface area contributed by atoms with Gasteiger partial charge in [0.2, 0.25) is 0 Å². The Kier molecular flexibility index (Phi) is 8.43. The molecule has 0 unspecified atom stereocenters. The Morgan fingerprint density at radius 3 is 1.13 bits per heavy atom. The maximum absolute atomic E-state index is 11.8. The van der Waals surface area contributed by atoms with Gasteiger partial charge in [0, 0.05) is 12.8 Å². The van der Waals surface area contributed by atoms with Crippen LogP contribution in [0.5, 0.6) is 0 Å². The van der Waals surface area contributed by atoms with Crippen LogP contribution in [-0.4, -0.2) is 34.7 Å². The third-order valence-electron chi connectivity index (χ3n) is 3.03. The first-order valence-electron chi connectivity index (χ1n) is 7.47. The number of carbonyl (C=O) groups excluding carboxylic acids is 6. The zero-order valence-corrected chi connectivity index (χ0v) is 14.2. The Morgan fingerprint density at radius 1 is 0.565 bits per heavy atom. The minimum atomic E-state index is -0.679. The molecule has 0 aromatic heterocycles. The van der Waals surface area contributed by atoms with Gasteiger partial charge in [0.15, 0.2) is 0 Å². The van der Waals surface area contributed by atoms with E-state index in [0.717, 1.165) is 0 Å². The number of ketones is 6. The van der Waals surface area contributed by atoms with E-state index >= 15 is 0 Å². The van der Waals surface area contributed by atoms with Crippen LogP contribution in [-0.2, 0) is 28.8 Å². The predicted octanol–water partition coefficient (Wildman–Crippen LogP) is 1.81. The Hall–Kier alpha value is -1.98. The number of rotatable bonds is 12. The fourth-order valence-corrected chi connectivity index (χ4v) is 2.38. The average molecular weight is 324 g/mol. The van der Waals surface area contributed by atoms with Crippen molar-refractivity contribution in [1.29, 1.82) is 0 Å². The summed E-state index contributed by atoms with van der Waals surface area (Å²) in [5.74, 6) is -2.10. The SMILES string of the molecule is CC(=O)CC(=O)CC(=O)CC(C)(C)CC(=O)CC(=O)CC(C)=O. The molecule has 0 aliphatic carbocycles. The number of Topliss-reactive ketones (excluding diaryl/α,β-unsaturated/α-hetero) is 6. The molecule has 128 valence electrons. The Labute approximate surface area is 136 Å². The summed E-state index contributed by atoms with van der Waals surface area (Å²) in [6.07, 6.45) is -1.12. The van der Waals surface area contributed by atoms with E-state index < -0.39 is 17.0 Å². The monoisotopic (exact) mass is 324 g/mol. The van der Waals surface area contributed by atoms with Gasteiger partial charge in [-0.2, -0.15) is 0 Å². The molecule has 0 aliphatic rings. The van der Waals surface area contributed by atoms with Crippen molar-refractivity contribution in [1.82, 2.24) is 0 Å². The van der Waals surface area contributed by atoms with Crippen LogP contribution in [0.2, 0.25) is 0 Å². The van der Waals surface area contributed by atoms with Gasteiger partial charge in [0.05, 0.1) is 25.7 Å². The van der Waals surface area contributed by atoms with Gasteiger partial charge in [0.25, 0.3) is 0 Å². The van der Waals surface area contributed by atoms with Gasteiger partial charge in [-0.15, -0.1) is 0 Å². The summed E-state index contributed by atoms with van der Waals surface area (Å²) < 4.78 is 0. The molecule has 0 aliphatic heterocycles. The molecule has 0 amide bonds. The molecule has 0 saturated carbocycles. The Morgan fingerprint density at radius 2 is 0.870 bits per heavy atom. The van der Waals surface area contributed by atoms with Crippen LogP contribution in [0.3, 0.4) is 0 Å². The van der Waals surface area contributed by atoms with Crippen LogP contribution < -0.4 is 0 Å². The molecule has 0 rings (SSSR count). The molecule has 0 radical (unpaired) electrons. The molecule has 0 spiro atoms. The van der Waals surface area contributed by atoms with E-state index in [1.54, 1.807) is 13.8 Å². The predicted molar refractivity (Wildman–Crippen MR) is 82.9 cm³/mol. The highest BCUT2D eigenvalue weighted by atomic mass is 16.2. The fraction of sp³-hybridized carbons (Fsp3) is 0.647. The fourth-order valence-electron chi connectivity index (χ4n) is 2.38. The molecule has 0 N–H and O–H groups in total. The molecule has 0 aromatic rings. The van der Waals surface area contributed by atoms with Gasteiger partial charge < -0.3 is 0 Å². The summed E-state index contributed by atoms with van der Waals surface area (Å²) in [5, 5.41) is 0. The summed E-state index contributed by atoms with van der Waals surface area (Å²) in [6.45, 7) is 5.97. The molecule has 6 nitrogen and oxygen atoms in total. The van der Waals surface area contributed by atoms with Crippen molar-refractivity contribution in [2.24, 2.45) is 5.41 Å². The lowest BCUT2D eigenvalue weighted by molar-refractivity contribution is -0.131. The van der Waals surface area contributed by atoms with E-state index in [4.69, 9.17) is 0 Å². The number of hydrogen-bond donors (Lipinski definition) is 0. The summed E-state index contributed by atoms with van der Waals surface area (Å²) in [7, 11) is 0. The second kappa shape index (κ2) is 9.22. The third kappa shape index (κ3) is 11.3. The molecule has 6 heteroatoms. The summed E-state index contributed by atoms with van der Waals surface area (Å²) in [6, 6.07) is 0. The molecule has 0 fully saturated rings. The molecule has 0 aromatic carbocycles. The summed E-state index contributed by atoms with van der Waals surface area (Å²) in [5.41, 5.74) is -0.679. The molecule has 0 heterocycles. The highest BCUT2D eigenvalue weighted by Gasteiger charge is 2.27. The minimum Gasteiger partial charge on any atom is -0.300 e. The van der Waals surface area contributed by atoms with Crippen LogP contribution in [0, 0.1) is 5.41 Å². The molecule has 0 atom stereocenters. The summed E-state index contributed by atoms with van der Waals surface area (Å²) in [4.78, 5) is 68.2. The van der Waals surface area contributed by atoms with Crippen molar-refractivity contribution in [3.63, 3.8) is 0 Å². The molecule has 0 bridgehead atoms. The van der Waals surface area contributed by atoms with E-state index in [1.165, 1.54) is 13.8 Å². The smallest absolute Gasteiger partial charge is 0.147 e.